The quantitative estimate of drug-likeness (QED) is 0.740. The molecule has 1 N–H and O–H groups in total. The number of nitrogens with one attached hydrogen (secondary N) is 1. The number of carbonyl (C=O) groups excluding carboxylic acids is 1. The van der Waals surface area contributed by atoms with Gasteiger partial charge in [-0.1, -0.05) is 26.0 Å². The zero-order valence-electron chi connectivity index (χ0n) is 17.9. The van der Waals surface area contributed by atoms with Crippen LogP contribution in [0.4, 0.5) is 0 Å². The van der Waals surface area contributed by atoms with Crippen LogP contribution in [-0.2, 0) is 11.3 Å². The molecule has 0 saturated carbocycles. The number of rotatable bonds is 5. The molecule has 0 unspecified atom stereocenters. The topological polar surface area (TPSA) is 48.1 Å². The van der Waals surface area contributed by atoms with Gasteiger partial charge in [0.25, 0.3) is 0 Å². The molecule has 0 aromatic heterocycles. The van der Waals surface area contributed by atoms with Crippen molar-refractivity contribution in [2.45, 2.75) is 26.8 Å². The number of thiocarbonyl (C=S) groups is 1. The average molecular weight is 419 g/mol. The van der Waals surface area contributed by atoms with Crippen molar-refractivity contribution >= 4 is 23.2 Å². The molecule has 2 heterocycles. The van der Waals surface area contributed by atoms with E-state index in [0.29, 0.717) is 24.9 Å². The van der Waals surface area contributed by atoms with Gasteiger partial charge in [0.2, 0.25) is 5.91 Å². The second-order valence-electron chi connectivity index (χ2n) is 8.51. The Labute approximate surface area is 180 Å². The summed E-state index contributed by atoms with van der Waals surface area (Å²) in [6.45, 7) is 11.0. The SMILES string of the molecule is COc1ccc(CNC(=S)N2CCN(CC(=O)N3C[C@@H](C)C[C@H](C)C3)CC2)cc1. The van der Waals surface area contributed by atoms with Crippen molar-refractivity contribution < 1.29 is 9.53 Å². The molecule has 0 bridgehead atoms. The Morgan fingerprint density at radius 3 is 2.28 bits per heavy atom. The first-order valence-corrected chi connectivity index (χ1v) is 11.0. The smallest absolute Gasteiger partial charge is 0.236 e. The van der Waals surface area contributed by atoms with Crippen LogP contribution in [0.1, 0.15) is 25.8 Å². The van der Waals surface area contributed by atoms with Gasteiger partial charge < -0.3 is 19.9 Å². The summed E-state index contributed by atoms with van der Waals surface area (Å²) >= 11 is 5.57. The van der Waals surface area contributed by atoms with Gasteiger partial charge in [-0.3, -0.25) is 9.69 Å². The summed E-state index contributed by atoms with van der Waals surface area (Å²) in [5, 5.41) is 4.13. The Kier molecular flexibility index (Phi) is 7.72. The lowest BCUT2D eigenvalue weighted by Crippen LogP contribution is -2.54. The zero-order valence-corrected chi connectivity index (χ0v) is 18.7. The van der Waals surface area contributed by atoms with E-state index in [2.05, 4.69) is 33.9 Å². The highest BCUT2D eigenvalue weighted by Gasteiger charge is 2.27. The summed E-state index contributed by atoms with van der Waals surface area (Å²) in [6, 6.07) is 8.00. The molecular weight excluding hydrogens is 384 g/mol. The van der Waals surface area contributed by atoms with Crippen LogP contribution < -0.4 is 10.1 Å². The van der Waals surface area contributed by atoms with Gasteiger partial charge >= 0.3 is 0 Å². The van der Waals surface area contributed by atoms with Crippen molar-refractivity contribution in [3.8, 4) is 5.75 Å². The summed E-state index contributed by atoms with van der Waals surface area (Å²) < 4.78 is 5.19. The predicted octanol–water partition coefficient (Wildman–Crippen LogP) is 2.19. The minimum Gasteiger partial charge on any atom is -0.497 e. The van der Waals surface area contributed by atoms with E-state index in [-0.39, 0.29) is 5.91 Å². The van der Waals surface area contributed by atoms with Crippen LogP contribution in [0.25, 0.3) is 0 Å². The molecule has 0 radical (unpaired) electrons. The molecule has 3 rings (SSSR count). The number of benzene rings is 1. The zero-order chi connectivity index (χ0) is 20.8. The van der Waals surface area contributed by atoms with E-state index in [9.17, 15) is 4.79 Å². The van der Waals surface area contributed by atoms with Gasteiger partial charge in [0.05, 0.1) is 13.7 Å². The van der Waals surface area contributed by atoms with Crippen molar-refractivity contribution in [1.29, 1.82) is 0 Å². The monoisotopic (exact) mass is 418 g/mol. The van der Waals surface area contributed by atoms with Crippen molar-refractivity contribution in [3.05, 3.63) is 29.8 Å². The van der Waals surface area contributed by atoms with Gasteiger partial charge in [0, 0.05) is 45.8 Å². The highest BCUT2D eigenvalue weighted by atomic mass is 32.1. The average Bonchev–Trinajstić information content (AvgIpc) is 2.72. The molecule has 1 aromatic carbocycles. The van der Waals surface area contributed by atoms with Crippen LogP contribution in [0, 0.1) is 11.8 Å². The van der Waals surface area contributed by atoms with Crippen LogP contribution in [-0.4, -0.2) is 78.6 Å². The molecule has 2 aliphatic rings. The van der Waals surface area contributed by atoms with Gasteiger partial charge in [-0.05, 0) is 48.2 Å². The van der Waals surface area contributed by atoms with Crippen LogP contribution in [0.5, 0.6) is 5.75 Å². The molecule has 29 heavy (non-hydrogen) atoms. The summed E-state index contributed by atoms with van der Waals surface area (Å²) in [5.41, 5.74) is 1.17. The van der Waals surface area contributed by atoms with Gasteiger partial charge in [0.15, 0.2) is 5.11 Å². The van der Waals surface area contributed by atoms with Gasteiger partial charge in [-0.25, -0.2) is 0 Å². The van der Waals surface area contributed by atoms with E-state index >= 15 is 0 Å². The number of piperidine rings is 1. The lowest BCUT2D eigenvalue weighted by Gasteiger charge is -2.39. The maximum absolute atomic E-state index is 12.7. The Hall–Kier alpha value is -1.86. The normalized spacial score (nSPS) is 23.0. The Bertz CT molecular complexity index is 679. The maximum atomic E-state index is 12.7. The summed E-state index contributed by atoms with van der Waals surface area (Å²) in [7, 11) is 1.67. The van der Waals surface area contributed by atoms with Gasteiger partial charge in [0.1, 0.15) is 5.75 Å². The number of nitrogens with zero attached hydrogens (tertiary/aromatic N) is 3. The van der Waals surface area contributed by atoms with E-state index in [0.717, 1.165) is 50.1 Å². The number of methoxy groups -OCH3 is 1. The minimum absolute atomic E-state index is 0.275. The molecular formula is C22H34N4O2S. The lowest BCUT2D eigenvalue weighted by molar-refractivity contribution is -0.135. The third-order valence-electron chi connectivity index (χ3n) is 5.84. The Balaban J connectivity index is 1.39. The highest BCUT2D eigenvalue weighted by molar-refractivity contribution is 7.80. The molecule has 1 amide bonds. The standard InChI is InChI=1S/C22H34N4O2S/c1-17-12-18(2)15-26(14-17)21(27)16-24-8-10-25(11-9-24)22(29)23-13-19-4-6-20(28-3)7-5-19/h4-7,17-18H,8-16H2,1-3H3,(H,23,29)/t17-,18-/m0/s1. The second-order valence-corrected chi connectivity index (χ2v) is 8.90. The molecule has 6 nitrogen and oxygen atoms in total. The third-order valence-corrected chi connectivity index (χ3v) is 6.25. The molecule has 0 aliphatic carbocycles. The van der Waals surface area contributed by atoms with E-state index in [1.54, 1.807) is 7.11 Å². The molecule has 2 saturated heterocycles. The fraction of sp³-hybridized carbons (Fsp3) is 0.636. The van der Waals surface area contributed by atoms with Crippen LogP contribution in [0.2, 0.25) is 0 Å². The van der Waals surface area contributed by atoms with Gasteiger partial charge in [-0.15, -0.1) is 0 Å². The first kappa shape index (κ1) is 21.8. The summed E-state index contributed by atoms with van der Waals surface area (Å²) in [4.78, 5) is 19.2. The van der Waals surface area contributed by atoms with Crippen molar-refractivity contribution in [2.75, 3.05) is 52.9 Å². The van der Waals surface area contributed by atoms with Crippen LogP contribution in [0.3, 0.4) is 0 Å². The largest absolute Gasteiger partial charge is 0.497 e. The summed E-state index contributed by atoms with van der Waals surface area (Å²) in [5.74, 6) is 2.34. The van der Waals surface area contributed by atoms with E-state index in [4.69, 9.17) is 17.0 Å². The highest BCUT2D eigenvalue weighted by Crippen LogP contribution is 2.21. The van der Waals surface area contributed by atoms with Crippen LogP contribution >= 0.6 is 12.2 Å². The molecule has 2 aliphatic heterocycles. The number of piperazine rings is 1. The van der Waals surface area contributed by atoms with Crippen LogP contribution in [0.15, 0.2) is 24.3 Å². The van der Waals surface area contributed by atoms with Crippen molar-refractivity contribution in [2.24, 2.45) is 11.8 Å². The number of amides is 1. The molecule has 0 spiro atoms. The number of hydrogen-bond acceptors (Lipinski definition) is 4. The first-order chi connectivity index (χ1) is 13.9. The fourth-order valence-electron chi connectivity index (χ4n) is 4.30. The third kappa shape index (κ3) is 6.31. The molecule has 2 fully saturated rings. The number of hydrogen-bond donors (Lipinski definition) is 1. The minimum atomic E-state index is 0.275. The molecule has 7 heteroatoms. The Morgan fingerprint density at radius 2 is 1.69 bits per heavy atom. The van der Waals surface area contributed by atoms with E-state index < -0.39 is 0 Å². The van der Waals surface area contributed by atoms with Crippen molar-refractivity contribution in [1.82, 2.24) is 20.0 Å². The predicted molar refractivity (Wildman–Crippen MR) is 120 cm³/mol. The number of likely N-dealkylation sites (tertiary alicyclic amines) is 1. The molecule has 2 atom stereocenters. The summed E-state index contributed by atoms with van der Waals surface area (Å²) in [6.07, 6.45) is 1.23. The number of carbonyl (C=O) groups is 1. The second kappa shape index (κ2) is 10.3. The lowest BCUT2D eigenvalue weighted by atomic mass is 9.92. The van der Waals surface area contributed by atoms with E-state index in [1.165, 1.54) is 12.0 Å². The van der Waals surface area contributed by atoms with E-state index in [1.807, 2.05) is 24.3 Å². The molecule has 1 aromatic rings. The maximum Gasteiger partial charge on any atom is 0.236 e. The first-order valence-electron chi connectivity index (χ1n) is 10.6. The van der Waals surface area contributed by atoms with Gasteiger partial charge in [-0.2, -0.15) is 0 Å². The Morgan fingerprint density at radius 1 is 1.07 bits per heavy atom. The number of ether oxygens (including phenoxy) is 1. The molecule has 160 valence electrons. The fourth-order valence-corrected chi connectivity index (χ4v) is 4.55. The van der Waals surface area contributed by atoms with Crippen molar-refractivity contribution in [3.63, 3.8) is 0 Å².